The van der Waals surface area contributed by atoms with E-state index < -0.39 is 5.82 Å². The summed E-state index contributed by atoms with van der Waals surface area (Å²) >= 11 is 0. The van der Waals surface area contributed by atoms with Gasteiger partial charge in [0.15, 0.2) is 11.6 Å². The molecule has 5 heteroatoms. The van der Waals surface area contributed by atoms with Gasteiger partial charge in [-0.3, -0.25) is 4.90 Å². The van der Waals surface area contributed by atoms with Crippen molar-refractivity contribution >= 4 is 11.4 Å². The molecule has 0 aliphatic carbocycles. The van der Waals surface area contributed by atoms with Gasteiger partial charge in [-0.2, -0.15) is 0 Å². The van der Waals surface area contributed by atoms with Gasteiger partial charge >= 0.3 is 0 Å². The van der Waals surface area contributed by atoms with Gasteiger partial charge in [0.05, 0.1) is 18.5 Å². The third-order valence-electron chi connectivity index (χ3n) is 3.34. The van der Waals surface area contributed by atoms with Crippen LogP contribution in [-0.2, 0) is 0 Å². The first-order valence-corrected chi connectivity index (χ1v) is 6.99. The van der Waals surface area contributed by atoms with E-state index in [1.165, 1.54) is 13.2 Å². The van der Waals surface area contributed by atoms with E-state index in [2.05, 4.69) is 37.9 Å². The van der Waals surface area contributed by atoms with Crippen molar-refractivity contribution in [3.8, 4) is 5.75 Å². The number of nitrogens with two attached hydrogens (primary N) is 1. The van der Waals surface area contributed by atoms with Crippen LogP contribution in [0.3, 0.4) is 0 Å². The van der Waals surface area contributed by atoms with Crippen molar-refractivity contribution in [2.45, 2.75) is 39.8 Å². The molecule has 1 aromatic rings. The number of rotatable bonds is 7. The van der Waals surface area contributed by atoms with E-state index in [0.29, 0.717) is 23.5 Å². The first-order valence-electron chi connectivity index (χ1n) is 6.99. The molecule has 0 saturated carbocycles. The largest absolute Gasteiger partial charge is 0.494 e. The number of ether oxygens (including phenoxy) is 1. The molecule has 0 unspecified atom stereocenters. The van der Waals surface area contributed by atoms with Crippen LogP contribution in [0, 0.1) is 5.82 Å². The van der Waals surface area contributed by atoms with E-state index in [1.807, 2.05) is 0 Å². The van der Waals surface area contributed by atoms with Gasteiger partial charge < -0.3 is 15.8 Å². The number of halogens is 1. The number of nitrogen functional groups attached to an aromatic ring is 1. The molecule has 0 aliphatic heterocycles. The Morgan fingerprint density at radius 1 is 1.25 bits per heavy atom. The van der Waals surface area contributed by atoms with Crippen molar-refractivity contribution in [2.75, 3.05) is 31.2 Å². The minimum absolute atomic E-state index is 0.200. The molecule has 1 rings (SSSR count). The number of nitrogens with zero attached hydrogens (tertiary/aromatic N) is 1. The molecule has 114 valence electrons. The lowest BCUT2D eigenvalue weighted by molar-refractivity contribution is 0.182. The normalized spacial score (nSPS) is 11.4. The second-order valence-corrected chi connectivity index (χ2v) is 5.43. The van der Waals surface area contributed by atoms with E-state index >= 15 is 0 Å². The molecule has 0 atom stereocenters. The standard InChI is InChI=1S/C15H26FN3O/c1-10(2)19(11(3)4)7-6-18-14-9-15(20-5)12(16)8-13(14)17/h8-11,18H,6-7,17H2,1-5H3. The smallest absolute Gasteiger partial charge is 0.167 e. The number of benzene rings is 1. The van der Waals surface area contributed by atoms with E-state index in [4.69, 9.17) is 10.5 Å². The van der Waals surface area contributed by atoms with Crippen LogP contribution >= 0.6 is 0 Å². The van der Waals surface area contributed by atoms with Crippen LogP contribution in [0.1, 0.15) is 27.7 Å². The monoisotopic (exact) mass is 283 g/mol. The zero-order valence-electron chi connectivity index (χ0n) is 13.0. The first kappa shape index (κ1) is 16.6. The lowest BCUT2D eigenvalue weighted by Crippen LogP contribution is -2.40. The molecule has 0 radical (unpaired) electrons. The Morgan fingerprint density at radius 2 is 1.85 bits per heavy atom. The molecule has 3 N–H and O–H groups in total. The van der Waals surface area contributed by atoms with Crippen LogP contribution < -0.4 is 15.8 Å². The average Bonchev–Trinajstić information content (AvgIpc) is 2.35. The lowest BCUT2D eigenvalue weighted by Gasteiger charge is -2.30. The van der Waals surface area contributed by atoms with Gasteiger partial charge in [-0.15, -0.1) is 0 Å². The maximum absolute atomic E-state index is 13.5. The number of nitrogens with one attached hydrogen (secondary N) is 1. The summed E-state index contributed by atoms with van der Waals surface area (Å²) in [5.41, 5.74) is 6.91. The minimum atomic E-state index is -0.443. The Balaban J connectivity index is 2.66. The van der Waals surface area contributed by atoms with E-state index in [1.54, 1.807) is 6.07 Å². The highest BCUT2D eigenvalue weighted by molar-refractivity contribution is 5.68. The van der Waals surface area contributed by atoms with Gasteiger partial charge in [0.1, 0.15) is 0 Å². The summed E-state index contributed by atoms with van der Waals surface area (Å²) < 4.78 is 18.4. The highest BCUT2D eigenvalue weighted by Crippen LogP contribution is 2.27. The topological polar surface area (TPSA) is 50.5 Å². The van der Waals surface area contributed by atoms with Gasteiger partial charge in [-0.05, 0) is 27.7 Å². The molecule has 0 aromatic heterocycles. The fourth-order valence-electron chi connectivity index (χ4n) is 2.31. The summed E-state index contributed by atoms with van der Waals surface area (Å²) in [7, 11) is 1.44. The molecule has 0 saturated heterocycles. The second kappa shape index (κ2) is 7.33. The number of hydrogen-bond acceptors (Lipinski definition) is 4. The third-order valence-corrected chi connectivity index (χ3v) is 3.34. The molecule has 0 spiro atoms. The Kier molecular flexibility index (Phi) is 6.07. The summed E-state index contributed by atoms with van der Waals surface area (Å²) in [5.74, 6) is -0.243. The molecular formula is C15H26FN3O. The minimum Gasteiger partial charge on any atom is -0.494 e. The van der Waals surface area contributed by atoms with Crippen molar-refractivity contribution in [2.24, 2.45) is 0 Å². The quantitative estimate of drug-likeness (QED) is 0.755. The molecule has 20 heavy (non-hydrogen) atoms. The number of hydrogen-bond donors (Lipinski definition) is 2. The van der Waals surface area contributed by atoms with E-state index in [0.717, 1.165) is 13.1 Å². The fraction of sp³-hybridized carbons (Fsp3) is 0.600. The third kappa shape index (κ3) is 4.27. The number of anilines is 2. The first-order chi connectivity index (χ1) is 9.36. The van der Waals surface area contributed by atoms with Gasteiger partial charge in [0.25, 0.3) is 0 Å². The van der Waals surface area contributed by atoms with E-state index in [9.17, 15) is 4.39 Å². The van der Waals surface area contributed by atoms with E-state index in [-0.39, 0.29) is 5.75 Å². The average molecular weight is 283 g/mol. The highest BCUT2D eigenvalue weighted by Gasteiger charge is 2.13. The van der Waals surface area contributed by atoms with Crippen LogP contribution in [0.5, 0.6) is 5.75 Å². The molecule has 4 nitrogen and oxygen atoms in total. The zero-order valence-corrected chi connectivity index (χ0v) is 13.0. The predicted octanol–water partition coefficient (Wildman–Crippen LogP) is 2.95. The maximum Gasteiger partial charge on any atom is 0.167 e. The maximum atomic E-state index is 13.5. The van der Waals surface area contributed by atoms with Crippen LogP contribution in [-0.4, -0.2) is 37.2 Å². The van der Waals surface area contributed by atoms with Crippen molar-refractivity contribution in [1.29, 1.82) is 0 Å². The summed E-state index contributed by atoms with van der Waals surface area (Å²) in [6, 6.07) is 3.85. The molecule has 0 heterocycles. The number of methoxy groups -OCH3 is 1. The van der Waals surface area contributed by atoms with Crippen LogP contribution in [0.2, 0.25) is 0 Å². The molecule has 0 aliphatic rings. The van der Waals surface area contributed by atoms with Crippen molar-refractivity contribution < 1.29 is 9.13 Å². The summed E-state index contributed by atoms with van der Waals surface area (Å²) in [5, 5.41) is 3.24. The molecule has 1 aromatic carbocycles. The Morgan fingerprint density at radius 3 is 2.35 bits per heavy atom. The predicted molar refractivity (Wildman–Crippen MR) is 82.8 cm³/mol. The van der Waals surface area contributed by atoms with Crippen molar-refractivity contribution in [1.82, 2.24) is 4.90 Å². The Bertz CT molecular complexity index is 427. The molecular weight excluding hydrogens is 257 g/mol. The summed E-state index contributed by atoms with van der Waals surface area (Å²) in [6.45, 7) is 10.3. The summed E-state index contributed by atoms with van der Waals surface area (Å²) in [4.78, 5) is 2.38. The zero-order chi connectivity index (χ0) is 15.3. The Hall–Kier alpha value is -1.49. The SMILES string of the molecule is COc1cc(NCCN(C(C)C)C(C)C)c(N)cc1F. The molecule has 0 bridgehead atoms. The van der Waals surface area contributed by atoms with Gasteiger partial charge in [-0.25, -0.2) is 4.39 Å². The molecule has 0 fully saturated rings. The van der Waals surface area contributed by atoms with Crippen LogP contribution in [0.15, 0.2) is 12.1 Å². The van der Waals surface area contributed by atoms with Gasteiger partial charge in [0, 0.05) is 37.3 Å². The van der Waals surface area contributed by atoms with Crippen molar-refractivity contribution in [3.63, 3.8) is 0 Å². The van der Waals surface area contributed by atoms with Gasteiger partial charge in [-0.1, -0.05) is 0 Å². The lowest BCUT2D eigenvalue weighted by atomic mass is 10.2. The molecule has 0 amide bonds. The second-order valence-electron chi connectivity index (χ2n) is 5.43. The highest BCUT2D eigenvalue weighted by atomic mass is 19.1. The van der Waals surface area contributed by atoms with Crippen LogP contribution in [0.4, 0.5) is 15.8 Å². The van der Waals surface area contributed by atoms with Crippen molar-refractivity contribution in [3.05, 3.63) is 17.9 Å². The fourth-order valence-corrected chi connectivity index (χ4v) is 2.31. The van der Waals surface area contributed by atoms with Gasteiger partial charge in [0.2, 0.25) is 0 Å². The Labute approximate surface area is 121 Å². The van der Waals surface area contributed by atoms with Crippen LogP contribution in [0.25, 0.3) is 0 Å². The summed E-state index contributed by atoms with van der Waals surface area (Å²) in [6.07, 6.45) is 0.